The molecule has 1 rings (SSSR count). The Kier molecular flexibility index (Phi) is 5.50. The Balaban J connectivity index is 2.47. The molecule has 0 radical (unpaired) electrons. The minimum atomic E-state index is -0.861. The maximum absolute atomic E-state index is 12.1. The summed E-state index contributed by atoms with van der Waals surface area (Å²) in [4.78, 5) is 35.9. The molecule has 7 heteroatoms. The van der Waals surface area contributed by atoms with E-state index in [1.807, 2.05) is 31.0 Å². The van der Waals surface area contributed by atoms with Crippen molar-refractivity contribution in [2.45, 2.75) is 51.7 Å². The number of likely N-dealkylation sites (tertiary alicyclic amines) is 1. The van der Waals surface area contributed by atoms with Crippen LogP contribution in [0.25, 0.3) is 0 Å². The molecule has 1 atom stereocenters. The van der Waals surface area contributed by atoms with Crippen LogP contribution >= 0.6 is 0 Å². The Hall–Kier alpha value is -1.63. The van der Waals surface area contributed by atoms with Gasteiger partial charge in [0.25, 0.3) is 0 Å². The average Bonchev–Trinajstić information content (AvgIpc) is 2.71. The van der Waals surface area contributed by atoms with Gasteiger partial charge in [0.15, 0.2) is 0 Å². The number of hydrogen-bond acceptors (Lipinski definition) is 5. The van der Waals surface area contributed by atoms with Gasteiger partial charge in [0.2, 0.25) is 5.91 Å². The number of rotatable bonds is 4. The van der Waals surface area contributed by atoms with Crippen molar-refractivity contribution in [1.82, 2.24) is 10.2 Å². The first-order valence-corrected chi connectivity index (χ1v) is 6.75. The van der Waals surface area contributed by atoms with Gasteiger partial charge in [-0.15, -0.1) is 0 Å². The summed E-state index contributed by atoms with van der Waals surface area (Å²) in [5, 5.41) is 2.01. The van der Waals surface area contributed by atoms with Gasteiger partial charge in [-0.25, -0.2) is 4.79 Å². The monoisotopic (exact) mass is 285 g/mol. The number of imide groups is 1. The SMILES string of the molecule is CC(C)(C)OC(=O)[C@H]1CCCN1CCC(=O)NC(N)=O. The van der Waals surface area contributed by atoms with Crippen LogP contribution in [-0.4, -0.2) is 47.5 Å². The van der Waals surface area contributed by atoms with E-state index in [1.165, 1.54) is 0 Å². The lowest BCUT2D eigenvalue weighted by atomic mass is 10.1. The van der Waals surface area contributed by atoms with Crippen LogP contribution in [0.4, 0.5) is 4.79 Å². The first-order chi connectivity index (χ1) is 9.19. The predicted molar refractivity (Wildman–Crippen MR) is 72.8 cm³/mol. The van der Waals surface area contributed by atoms with Crippen molar-refractivity contribution in [2.75, 3.05) is 13.1 Å². The molecule has 20 heavy (non-hydrogen) atoms. The van der Waals surface area contributed by atoms with Gasteiger partial charge < -0.3 is 10.5 Å². The molecule has 1 aliphatic rings. The summed E-state index contributed by atoms with van der Waals surface area (Å²) >= 11 is 0. The van der Waals surface area contributed by atoms with Crippen molar-refractivity contribution in [2.24, 2.45) is 5.73 Å². The van der Waals surface area contributed by atoms with Crippen LogP contribution in [0.3, 0.4) is 0 Å². The molecule has 0 aromatic rings. The molecule has 7 nitrogen and oxygen atoms in total. The molecule has 0 spiro atoms. The highest BCUT2D eigenvalue weighted by atomic mass is 16.6. The van der Waals surface area contributed by atoms with E-state index in [1.54, 1.807) is 0 Å². The fourth-order valence-corrected chi connectivity index (χ4v) is 2.18. The number of nitrogens with two attached hydrogens (primary N) is 1. The quantitative estimate of drug-likeness (QED) is 0.727. The lowest BCUT2D eigenvalue weighted by Crippen LogP contribution is -2.42. The highest BCUT2D eigenvalue weighted by Crippen LogP contribution is 2.21. The summed E-state index contributed by atoms with van der Waals surface area (Å²) in [6, 6.07) is -1.17. The van der Waals surface area contributed by atoms with Crippen molar-refractivity contribution >= 4 is 17.9 Å². The van der Waals surface area contributed by atoms with Crippen molar-refractivity contribution in [3.05, 3.63) is 0 Å². The molecule has 1 aliphatic heterocycles. The molecular weight excluding hydrogens is 262 g/mol. The van der Waals surface area contributed by atoms with Crippen LogP contribution in [0, 0.1) is 0 Å². The normalized spacial score (nSPS) is 19.6. The van der Waals surface area contributed by atoms with Crippen LogP contribution in [0.2, 0.25) is 0 Å². The molecular formula is C13H23N3O4. The van der Waals surface area contributed by atoms with Crippen LogP contribution in [0.15, 0.2) is 0 Å². The lowest BCUT2D eigenvalue weighted by molar-refractivity contribution is -0.160. The highest BCUT2D eigenvalue weighted by molar-refractivity contribution is 5.93. The molecule has 1 heterocycles. The number of hydrogen-bond donors (Lipinski definition) is 2. The van der Waals surface area contributed by atoms with E-state index in [4.69, 9.17) is 10.5 Å². The zero-order valence-corrected chi connectivity index (χ0v) is 12.3. The van der Waals surface area contributed by atoms with Gasteiger partial charge in [0.05, 0.1) is 0 Å². The van der Waals surface area contributed by atoms with E-state index < -0.39 is 17.5 Å². The fraction of sp³-hybridized carbons (Fsp3) is 0.769. The van der Waals surface area contributed by atoms with Crippen molar-refractivity contribution in [1.29, 1.82) is 0 Å². The van der Waals surface area contributed by atoms with Gasteiger partial charge >= 0.3 is 12.0 Å². The third-order valence-corrected chi connectivity index (χ3v) is 2.93. The van der Waals surface area contributed by atoms with E-state index in [0.29, 0.717) is 6.54 Å². The summed E-state index contributed by atoms with van der Waals surface area (Å²) in [7, 11) is 0. The van der Waals surface area contributed by atoms with Gasteiger partial charge in [-0.2, -0.15) is 0 Å². The molecule has 0 saturated carbocycles. The second-order valence-corrected chi connectivity index (χ2v) is 5.89. The van der Waals surface area contributed by atoms with Gasteiger partial charge in [0, 0.05) is 13.0 Å². The first-order valence-electron chi connectivity index (χ1n) is 6.75. The second-order valence-electron chi connectivity index (χ2n) is 5.89. The number of carbonyl (C=O) groups excluding carboxylic acids is 3. The zero-order valence-electron chi connectivity index (χ0n) is 12.3. The molecule has 0 aromatic carbocycles. The third kappa shape index (κ3) is 5.56. The van der Waals surface area contributed by atoms with E-state index in [0.717, 1.165) is 19.4 Å². The maximum Gasteiger partial charge on any atom is 0.323 e. The van der Waals surface area contributed by atoms with Gasteiger partial charge in [0.1, 0.15) is 11.6 Å². The molecule has 114 valence electrons. The van der Waals surface area contributed by atoms with Crippen LogP contribution in [0.1, 0.15) is 40.0 Å². The minimum Gasteiger partial charge on any atom is -0.459 e. The summed E-state index contributed by atoms with van der Waals surface area (Å²) in [6.07, 6.45) is 1.75. The number of carbonyl (C=O) groups is 3. The maximum atomic E-state index is 12.1. The first kappa shape index (κ1) is 16.4. The Bertz CT molecular complexity index is 390. The Morgan fingerprint density at radius 2 is 2.00 bits per heavy atom. The molecule has 0 aromatic heterocycles. The van der Waals surface area contributed by atoms with Crippen LogP contribution < -0.4 is 11.1 Å². The molecule has 1 fully saturated rings. The smallest absolute Gasteiger partial charge is 0.323 e. The van der Waals surface area contributed by atoms with Crippen molar-refractivity contribution < 1.29 is 19.1 Å². The Labute approximate surface area is 118 Å². The second kappa shape index (κ2) is 6.69. The number of esters is 1. The number of amides is 3. The van der Waals surface area contributed by atoms with E-state index in [-0.39, 0.29) is 18.4 Å². The Morgan fingerprint density at radius 1 is 1.35 bits per heavy atom. The van der Waals surface area contributed by atoms with Gasteiger partial charge in [-0.1, -0.05) is 0 Å². The number of nitrogens with one attached hydrogen (secondary N) is 1. The standard InChI is InChI=1S/C13H23N3O4/c1-13(2,3)20-11(18)9-5-4-7-16(9)8-6-10(17)15-12(14)19/h9H,4-8H2,1-3H3,(H3,14,15,17,19)/t9-/m1/s1. The van der Waals surface area contributed by atoms with Crippen molar-refractivity contribution in [3.63, 3.8) is 0 Å². The van der Waals surface area contributed by atoms with Gasteiger partial charge in [-0.3, -0.25) is 19.8 Å². The predicted octanol–water partition coefficient (Wildman–Crippen LogP) is 0.378. The lowest BCUT2D eigenvalue weighted by Gasteiger charge is -2.27. The number of nitrogens with zero attached hydrogens (tertiary/aromatic N) is 1. The molecule has 3 N–H and O–H groups in total. The number of ether oxygens (including phenoxy) is 1. The highest BCUT2D eigenvalue weighted by Gasteiger charge is 2.33. The third-order valence-electron chi connectivity index (χ3n) is 2.93. The Morgan fingerprint density at radius 3 is 2.55 bits per heavy atom. The molecule has 0 unspecified atom stereocenters. The number of urea groups is 1. The van der Waals surface area contributed by atoms with Crippen LogP contribution in [0.5, 0.6) is 0 Å². The average molecular weight is 285 g/mol. The molecule has 0 bridgehead atoms. The summed E-state index contributed by atoms with van der Waals surface area (Å²) in [6.45, 7) is 6.62. The van der Waals surface area contributed by atoms with Gasteiger partial charge in [-0.05, 0) is 40.2 Å². The summed E-state index contributed by atoms with van der Waals surface area (Å²) < 4.78 is 5.37. The largest absolute Gasteiger partial charge is 0.459 e. The summed E-state index contributed by atoms with van der Waals surface area (Å²) in [5.74, 6) is -0.697. The van der Waals surface area contributed by atoms with Crippen molar-refractivity contribution in [3.8, 4) is 0 Å². The van der Waals surface area contributed by atoms with E-state index >= 15 is 0 Å². The topological polar surface area (TPSA) is 102 Å². The number of primary amides is 1. The van der Waals surface area contributed by atoms with E-state index in [9.17, 15) is 14.4 Å². The molecule has 3 amide bonds. The van der Waals surface area contributed by atoms with Crippen LogP contribution in [-0.2, 0) is 14.3 Å². The molecule has 1 saturated heterocycles. The molecule has 0 aliphatic carbocycles. The van der Waals surface area contributed by atoms with E-state index in [2.05, 4.69) is 0 Å². The fourth-order valence-electron chi connectivity index (χ4n) is 2.18. The zero-order chi connectivity index (χ0) is 15.3. The summed E-state index contributed by atoms with van der Waals surface area (Å²) in [5.41, 5.74) is 4.34. The minimum absolute atomic E-state index is 0.127.